The maximum absolute atomic E-state index is 13.3. The number of phenolic OH excluding ortho intramolecular Hbond substituents is 1. The first-order valence-electron chi connectivity index (χ1n) is 7.60. The van der Waals surface area contributed by atoms with E-state index in [2.05, 4.69) is 10.3 Å². The monoisotopic (exact) mass is 443 g/mol. The van der Waals surface area contributed by atoms with Crippen LogP contribution in [0.1, 0.15) is 18.1 Å². The molecule has 0 saturated carbocycles. The van der Waals surface area contributed by atoms with Crippen molar-refractivity contribution in [2.75, 3.05) is 13.6 Å². The highest BCUT2D eigenvalue weighted by Gasteiger charge is 2.07. The van der Waals surface area contributed by atoms with Crippen molar-refractivity contribution in [1.82, 2.24) is 10.2 Å². The summed E-state index contributed by atoms with van der Waals surface area (Å²) < 4.78 is 13.3. The minimum absolute atomic E-state index is 0. The lowest BCUT2D eigenvalue weighted by molar-refractivity contribution is 0.472. The second-order valence-electron chi connectivity index (χ2n) is 5.33. The van der Waals surface area contributed by atoms with Gasteiger partial charge in [-0.05, 0) is 42.3 Å². The molecule has 0 atom stereocenters. The predicted molar refractivity (Wildman–Crippen MR) is 106 cm³/mol. The van der Waals surface area contributed by atoms with Crippen LogP contribution < -0.4 is 5.32 Å². The third kappa shape index (κ3) is 6.35. The van der Waals surface area contributed by atoms with Crippen molar-refractivity contribution in [3.8, 4) is 5.75 Å². The Kier molecular flexibility index (Phi) is 8.53. The molecule has 0 radical (unpaired) electrons. The first kappa shape index (κ1) is 20.2. The molecule has 0 saturated heterocycles. The third-order valence-electron chi connectivity index (χ3n) is 3.33. The SMILES string of the molecule is CCNC(=NCc1cccc(O)c1)N(C)Cc1cccc(F)c1.I. The van der Waals surface area contributed by atoms with E-state index in [1.165, 1.54) is 12.1 Å². The van der Waals surface area contributed by atoms with Crippen molar-refractivity contribution in [1.29, 1.82) is 0 Å². The first-order chi connectivity index (χ1) is 11.1. The molecule has 130 valence electrons. The summed E-state index contributed by atoms with van der Waals surface area (Å²) in [5.74, 6) is 0.730. The van der Waals surface area contributed by atoms with Crippen LogP contribution >= 0.6 is 24.0 Å². The summed E-state index contributed by atoms with van der Waals surface area (Å²) in [6.45, 7) is 3.76. The molecule has 0 bridgehead atoms. The van der Waals surface area contributed by atoms with Crippen LogP contribution in [0.15, 0.2) is 53.5 Å². The molecular weight excluding hydrogens is 420 g/mol. The molecule has 0 aliphatic heterocycles. The number of guanidine groups is 1. The van der Waals surface area contributed by atoms with Crippen molar-refractivity contribution < 1.29 is 9.50 Å². The topological polar surface area (TPSA) is 47.9 Å². The number of aromatic hydroxyl groups is 1. The molecule has 2 rings (SSSR count). The second-order valence-corrected chi connectivity index (χ2v) is 5.33. The van der Waals surface area contributed by atoms with Crippen molar-refractivity contribution in [3.05, 3.63) is 65.5 Å². The predicted octanol–water partition coefficient (Wildman–Crippen LogP) is 3.75. The molecule has 0 amide bonds. The van der Waals surface area contributed by atoms with Crippen LogP contribution in [0.5, 0.6) is 5.75 Å². The van der Waals surface area contributed by atoms with Crippen LogP contribution in [-0.4, -0.2) is 29.6 Å². The highest BCUT2D eigenvalue weighted by molar-refractivity contribution is 14.0. The quantitative estimate of drug-likeness (QED) is 0.421. The summed E-state index contributed by atoms with van der Waals surface area (Å²) in [5, 5.41) is 12.7. The van der Waals surface area contributed by atoms with Gasteiger partial charge >= 0.3 is 0 Å². The summed E-state index contributed by atoms with van der Waals surface area (Å²) in [4.78, 5) is 6.52. The lowest BCUT2D eigenvalue weighted by Gasteiger charge is -2.22. The van der Waals surface area contributed by atoms with Gasteiger partial charge in [0.05, 0.1) is 6.54 Å². The van der Waals surface area contributed by atoms with Crippen molar-refractivity contribution >= 4 is 29.9 Å². The Bertz CT molecular complexity index is 679. The van der Waals surface area contributed by atoms with Gasteiger partial charge in [-0.1, -0.05) is 24.3 Å². The van der Waals surface area contributed by atoms with E-state index in [4.69, 9.17) is 0 Å². The zero-order valence-corrected chi connectivity index (χ0v) is 16.2. The van der Waals surface area contributed by atoms with Crippen LogP contribution in [0.2, 0.25) is 0 Å². The Balaban J connectivity index is 0.00000288. The fraction of sp³-hybridized carbons (Fsp3) is 0.278. The number of nitrogens with zero attached hydrogens (tertiary/aromatic N) is 2. The fourth-order valence-corrected chi connectivity index (χ4v) is 2.27. The largest absolute Gasteiger partial charge is 0.508 e. The molecule has 0 heterocycles. The van der Waals surface area contributed by atoms with Gasteiger partial charge in [0.2, 0.25) is 0 Å². The van der Waals surface area contributed by atoms with Gasteiger partial charge in [0, 0.05) is 20.1 Å². The lowest BCUT2D eigenvalue weighted by atomic mass is 10.2. The summed E-state index contributed by atoms with van der Waals surface area (Å²) >= 11 is 0. The Morgan fingerprint density at radius 2 is 1.88 bits per heavy atom. The Labute approximate surface area is 159 Å². The highest BCUT2D eigenvalue weighted by atomic mass is 127. The average molecular weight is 443 g/mol. The summed E-state index contributed by atoms with van der Waals surface area (Å²) in [6.07, 6.45) is 0. The number of benzene rings is 2. The van der Waals surface area contributed by atoms with Gasteiger partial charge in [-0.15, -0.1) is 24.0 Å². The molecule has 4 nitrogen and oxygen atoms in total. The lowest BCUT2D eigenvalue weighted by Crippen LogP contribution is -2.38. The van der Waals surface area contributed by atoms with Crippen molar-refractivity contribution in [2.24, 2.45) is 4.99 Å². The van der Waals surface area contributed by atoms with Crippen LogP contribution in [0.4, 0.5) is 4.39 Å². The maximum atomic E-state index is 13.3. The molecule has 0 aliphatic carbocycles. The number of aliphatic imine (C=N–C) groups is 1. The molecular formula is C18H23FIN3O. The summed E-state index contributed by atoms with van der Waals surface area (Å²) in [6, 6.07) is 13.6. The summed E-state index contributed by atoms with van der Waals surface area (Å²) in [5.41, 5.74) is 1.81. The smallest absolute Gasteiger partial charge is 0.194 e. The number of rotatable bonds is 5. The second kappa shape index (κ2) is 10.1. The molecule has 6 heteroatoms. The van der Waals surface area contributed by atoms with E-state index < -0.39 is 0 Å². The van der Waals surface area contributed by atoms with Gasteiger partial charge in [-0.3, -0.25) is 0 Å². The Hall–Kier alpha value is -1.83. The van der Waals surface area contributed by atoms with Crippen molar-refractivity contribution in [2.45, 2.75) is 20.0 Å². The van der Waals surface area contributed by atoms with Gasteiger partial charge < -0.3 is 15.3 Å². The molecule has 0 aromatic heterocycles. The minimum atomic E-state index is -0.238. The van der Waals surface area contributed by atoms with E-state index in [0.29, 0.717) is 13.1 Å². The molecule has 2 aromatic rings. The van der Waals surface area contributed by atoms with Crippen LogP contribution in [0.3, 0.4) is 0 Å². The molecule has 2 N–H and O–H groups in total. The van der Waals surface area contributed by atoms with Gasteiger partial charge in [0.1, 0.15) is 11.6 Å². The Morgan fingerprint density at radius 1 is 1.17 bits per heavy atom. The van der Waals surface area contributed by atoms with E-state index in [0.717, 1.165) is 23.6 Å². The molecule has 24 heavy (non-hydrogen) atoms. The molecule has 0 unspecified atom stereocenters. The van der Waals surface area contributed by atoms with Crippen molar-refractivity contribution in [3.63, 3.8) is 0 Å². The van der Waals surface area contributed by atoms with Crippen LogP contribution in [0.25, 0.3) is 0 Å². The zero-order chi connectivity index (χ0) is 16.7. The molecule has 0 fully saturated rings. The van der Waals surface area contributed by atoms with Gasteiger partial charge in [0.15, 0.2) is 5.96 Å². The number of nitrogens with one attached hydrogen (secondary N) is 1. The van der Waals surface area contributed by atoms with E-state index in [1.807, 2.05) is 31.0 Å². The molecule has 2 aromatic carbocycles. The zero-order valence-electron chi connectivity index (χ0n) is 13.9. The normalized spacial score (nSPS) is 10.9. The van der Waals surface area contributed by atoms with Crippen LogP contribution in [-0.2, 0) is 13.1 Å². The fourth-order valence-electron chi connectivity index (χ4n) is 2.27. The number of hydrogen-bond donors (Lipinski definition) is 2. The number of halogens is 2. The van der Waals surface area contributed by atoms with E-state index >= 15 is 0 Å². The molecule has 0 aliphatic rings. The average Bonchev–Trinajstić information content (AvgIpc) is 2.51. The standard InChI is InChI=1S/C18H22FN3O.HI/c1-3-20-18(21-12-14-6-5-9-17(23)11-14)22(2)13-15-7-4-8-16(19)10-15;/h4-11,23H,3,12-13H2,1-2H3,(H,20,21);1H. The van der Waals surface area contributed by atoms with E-state index in [9.17, 15) is 9.50 Å². The first-order valence-corrected chi connectivity index (χ1v) is 7.60. The summed E-state index contributed by atoms with van der Waals surface area (Å²) in [7, 11) is 1.91. The van der Waals surface area contributed by atoms with E-state index in [1.54, 1.807) is 24.3 Å². The highest BCUT2D eigenvalue weighted by Crippen LogP contribution is 2.12. The number of phenols is 1. The van der Waals surface area contributed by atoms with Gasteiger partial charge in [0.25, 0.3) is 0 Å². The van der Waals surface area contributed by atoms with Gasteiger partial charge in [-0.25, -0.2) is 9.38 Å². The molecule has 0 spiro atoms. The maximum Gasteiger partial charge on any atom is 0.194 e. The van der Waals surface area contributed by atoms with E-state index in [-0.39, 0.29) is 35.5 Å². The third-order valence-corrected chi connectivity index (χ3v) is 3.33. The number of hydrogen-bond acceptors (Lipinski definition) is 2. The Morgan fingerprint density at radius 3 is 2.54 bits per heavy atom. The van der Waals surface area contributed by atoms with Crippen LogP contribution in [0, 0.1) is 5.82 Å². The minimum Gasteiger partial charge on any atom is -0.508 e. The van der Waals surface area contributed by atoms with Gasteiger partial charge in [-0.2, -0.15) is 0 Å².